The highest BCUT2D eigenvalue weighted by atomic mass is 32.2. The first kappa shape index (κ1) is 6.42. The predicted octanol–water partition coefficient (Wildman–Crippen LogP) is 0.932. The molecule has 2 aromatic rings. The first-order valence-corrected chi connectivity index (χ1v) is 4.72. The first-order chi connectivity index (χ1) is 5.95. The molecular weight excluding hydrogens is 172 g/mol. The van der Waals surface area contributed by atoms with Gasteiger partial charge in [0.05, 0.1) is 6.33 Å². The van der Waals surface area contributed by atoms with Crippen molar-refractivity contribution in [3.05, 3.63) is 12.7 Å². The van der Waals surface area contributed by atoms with Crippen LogP contribution in [0.4, 0.5) is 0 Å². The van der Waals surface area contributed by atoms with Crippen LogP contribution in [0.3, 0.4) is 0 Å². The smallest absolute Gasteiger partial charge is 0.181 e. The highest BCUT2D eigenvalue weighted by Crippen LogP contribution is 2.27. The minimum absolute atomic E-state index is 0.812. The zero-order valence-electron chi connectivity index (χ0n) is 6.27. The molecule has 5 heteroatoms. The second-order valence-corrected chi connectivity index (χ2v) is 3.72. The number of hydrogen-bond donors (Lipinski definition) is 0. The molecule has 2 aromatic heterocycles. The molecule has 0 bridgehead atoms. The lowest BCUT2D eigenvalue weighted by atomic mass is 10.5. The van der Waals surface area contributed by atoms with Gasteiger partial charge in [-0.05, 0) is 0 Å². The number of thioether (sulfide) groups is 1. The summed E-state index contributed by atoms with van der Waals surface area (Å²) in [6.07, 6.45) is 3.41. The van der Waals surface area contributed by atoms with Gasteiger partial charge >= 0.3 is 0 Å². The largest absolute Gasteiger partial charge is 0.326 e. The Morgan fingerprint density at radius 2 is 2.33 bits per heavy atom. The van der Waals surface area contributed by atoms with Crippen molar-refractivity contribution in [3.63, 3.8) is 0 Å². The van der Waals surface area contributed by atoms with E-state index in [1.165, 1.54) is 0 Å². The fourth-order valence-corrected chi connectivity index (χ4v) is 2.35. The maximum absolute atomic E-state index is 4.20. The highest BCUT2D eigenvalue weighted by molar-refractivity contribution is 7.99. The molecular formula is C7H6N4S. The average molecular weight is 178 g/mol. The summed E-state index contributed by atoms with van der Waals surface area (Å²) in [5.41, 5.74) is 1.90. The minimum Gasteiger partial charge on any atom is -0.326 e. The normalized spacial score (nSPS) is 15.3. The quantitative estimate of drug-likeness (QED) is 0.563. The van der Waals surface area contributed by atoms with Gasteiger partial charge in [0.25, 0.3) is 0 Å². The molecule has 0 fully saturated rings. The molecule has 0 atom stereocenters. The Kier molecular flexibility index (Phi) is 1.17. The van der Waals surface area contributed by atoms with Gasteiger partial charge in [0.1, 0.15) is 16.9 Å². The topological polar surface area (TPSA) is 43.6 Å². The fourth-order valence-electron chi connectivity index (χ4n) is 1.40. The molecule has 0 saturated carbocycles. The van der Waals surface area contributed by atoms with E-state index in [1.807, 2.05) is 6.33 Å². The van der Waals surface area contributed by atoms with Gasteiger partial charge in [-0.15, -0.1) is 11.8 Å². The van der Waals surface area contributed by atoms with E-state index < -0.39 is 0 Å². The van der Waals surface area contributed by atoms with E-state index in [-0.39, 0.29) is 0 Å². The van der Waals surface area contributed by atoms with Crippen LogP contribution in [0.25, 0.3) is 11.2 Å². The third-order valence-electron chi connectivity index (χ3n) is 1.95. The summed E-state index contributed by atoms with van der Waals surface area (Å²) in [5.74, 6) is 1.08. The maximum atomic E-state index is 4.20. The Labute approximate surface area is 73.0 Å². The molecule has 1 aliphatic rings. The van der Waals surface area contributed by atoms with E-state index in [0.29, 0.717) is 0 Å². The van der Waals surface area contributed by atoms with E-state index in [1.54, 1.807) is 18.1 Å². The van der Waals surface area contributed by atoms with Crippen LogP contribution in [-0.4, -0.2) is 25.3 Å². The lowest BCUT2D eigenvalue weighted by Crippen LogP contribution is -2.05. The lowest BCUT2D eigenvalue weighted by Gasteiger charge is -2.11. The van der Waals surface area contributed by atoms with Crippen LogP contribution < -0.4 is 0 Å². The van der Waals surface area contributed by atoms with E-state index in [4.69, 9.17) is 0 Å². The van der Waals surface area contributed by atoms with E-state index in [2.05, 4.69) is 19.5 Å². The molecule has 4 nitrogen and oxygen atoms in total. The third kappa shape index (κ3) is 0.714. The van der Waals surface area contributed by atoms with Gasteiger partial charge in [0, 0.05) is 12.3 Å². The molecule has 3 heterocycles. The molecule has 0 aliphatic carbocycles. The molecule has 0 amide bonds. The van der Waals surface area contributed by atoms with Gasteiger partial charge in [0.15, 0.2) is 5.65 Å². The average Bonchev–Trinajstić information content (AvgIpc) is 2.52. The zero-order chi connectivity index (χ0) is 7.97. The summed E-state index contributed by atoms with van der Waals surface area (Å²) in [6, 6.07) is 0. The molecule has 0 unspecified atom stereocenters. The SMILES string of the molecule is c1nc2c3c(n1)ncn3CCS2. The van der Waals surface area contributed by atoms with Crippen LogP contribution in [0.1, 0.15) is 0 Å². The van der Waals surface area contributed by atoms with Crippen LogP contribution in [0, 0.1) is 0 Å². The second kappa shape index (κ2) is 2.20. The van der Waals surface area contributed by atoms with Crippen molar-refractivity contribution in [2.75, 3.05) is 5.75 Å². The molecule has 1 aliphatic heterocycles. The summed E-state index contributed by atoms with van der Waals surface area (Å²) >= 11 is 1.77. The van der Waals surface area contributed by atoms with Crippen LogP contribution in [0.15, 0.2) is 17.7 Å². The highest BCUT2D eigenvalue weighted by Gasteiger charge is 2.14. The van der Waals surface area contributed by atoms with Crippen LogP contribution in [-0.2, 0) is 6.54 Å². The lowest BCUT2D eigenvalue weighted by molar-refractivity contribution is 0.774. The molecule has 0 radical (unpaired) electrons. The molecule has 12 heavy (non-hydrogen) atoms. The number of aromatic nitrogens is 4. The Bertz CT molecular complexity index is 436. The van der Waals surface area contributed by atoms with Crippen molar-refractivity contribution in [1.29, 1.82) is 0 Å². The van der Waals surface area contributed by atoms with E-state index in [0.717, 1.165) is 28.5 Å². The van der Waals surface area contributed by atoms with Crippen LogP contribution in [0.5, 0.6) is 0 Å². The second-order valence-electron chi connectivity index (χ2n) is 2.64. The monoisotopic (exact) mass is 178 g/mol. The van der Waals surface area contributed by atoms with Crippen molar-refractivity contribution in [2.45, 2.75) is 11.6 Å². The molecule has 0 spiro atoms. The van der Waals surface area contributed by atoms with E-state index >= 15 is 0 Å². The first-order valence-electron chi connectivity index (χ1n) is 3.74. The van der Waals surface area contributed by atoms with Gasteiger partial charge in [-0.3, -0.25) is 0 Å². The van der Waals surface area contributed by atoms with Crippen molar-refractivity contribution >= 4 is 22.9 Å². The zero-order valence-corrected chi connectivity index (χ0v) is 7.08. The summed E-state index contributed by atoms with van der Waals surface area (Å²) in [5, 5.41) is 1.06. The molecule has 0 aromatic carbocycles. The minimum atomic E-state index is 0.812. The predicted molar refractivity (Wildman–Crippen MR) is 46.0 cm³/mol. The number of hydrogen-bond acceptors (Lipinski definition) is 4. The summed E-state index contributed by atoms with van der Waals surface area (Å²) in [4.78, 5) is 12.5. The van der Waals surface area contributed by atoms with Crippen LogP contribution in [0.2, 0.25) is 0 Å². The molecule has 60 valence electrons. The Balaban J connectivity index is 2.50. The Morgan fingerprint density at radius 1 is 1.33 bits per heavy atom. The third-order valence-corrected chi connectivity index (χ3v) is 2.91. The molecule has 0 N–H and O–H groups in total. The van der Waals surface area contributed by atoms with Crippen LogP contribution >= 0.6 is 11.8 Å². The van der Waals surface area contributed by atoms with E-state index in [9.17, 15) is 0 Å². The van der Waals surface area contributed by atoms with Gasteiger partial charge in [-0.25, -0.2) is 15.0 Å². The molecule has 0 saturated heterocycles. The number of imidazole rings is 1. The van der Waals surface area contributed by atoms with Gasteiger partial charge in [0.2, 0.25) is 0 Å². The fraction of sp³-hybridized carbons (Fsp3) is 0.286. The number of nitrogens with zero attached hydrogens (tertiary/aromatic N) is 4. The van der Waals surface area contributed by atoms with Gasteiger partial charge < -0.3 is 4.57 Å². The van der Waals surface area contributed by atoms with Gasteiger partial charge in [-0.1, -0.05) is 0 Å². The van der Waals surface area contributed by atoms with Crippen molar-refractivity contribution in [1.82, 2.24) is 19.5 Å². The Hall–Kier alpha value is -1.10. The number of rotatable bonds is 0. The summed E-state index contributed by atoms with van der Waals surface area (Å²) < 4.78 is 2.11. The Morgan fingerprint density at radius 3 is 3.33 bits per heavy atom. The van der Waals surface area contributed by atoms with Crippen molar-refractivity contribution in [3.8, 4) is 0 Å². The molecule has 3 rings (SSSR count). The van der Waals surface area contributed by atoms with Crippen molar-refractivity contribution < 1.29 is 0 Å². The maximum Gasteiger partial charge on any atom is 0.181 e. The summed E-state index contributed by atoms with van der Waals surface area (Å²) in [7, 11) is 0. The standard InChI is InChI=1S/C7H6N4S/c1-2-12-7-5-6(8-3-9-7)10-4-11(1)5/h3-4H,1-2H2. The summed E-state index contributed by atoms with van der Waals surface area (Å²) in [6.45, 7) is 1.02. The number of aryl methyl sites for hydroxylation is 1. The van der Waals surface area contributed by atoms with Crippen molar-refractivity contribution in [2.24, 2.45) is 0 Å². The van der Waals surface area contributed by atoms with Gasteiger partial charge in [-0.2, -0.15) is 0 Å².